The minimum Gasteiger partial charge on any atom is -0.353 e. The molecule has 1 aliphatic carbocycles. The third-order valence-electron chi connectivity index (χ3n) is 4.40. The number of benzene rings is 1. The molecule has 3 rings (SSSR count). The summed E-state index contributed by atoms with van der Waals surface area (Å²) in [4.78, 5) is 12.1. The highest BCUT2D eigenvalue weighted by atomic mass is 32.2. The van der Waals surface area contributed by atoms with E-state index in [1.807, 2.05) is 4.57 Å². The van der Waals surface area contributed by atoms with Crippen LogP contribution < -0.4 is 5.32 Å². The summed E-state index contributed by atoms with van der Waals surface area (Å²) in [7, 11) is 0. The molecular formula is C18H24N4OS. The molecule has 1 N–H and O–H groups in total. The normalized spacial score (nSPS) is 15.5. The summed E-state index contributed by atoms with van der Waals surface area (Å²) in [5, 5.41) is 11.9. The van der Waals surface area contributed by atoms with E-state index in [1.165, 1.54) is 30.2 Å². The minimum absolute atomic E-state index is 0.0594. The third-order valence-corrected chi connectivity index (χ3v) is 5.35. The van der Waals surface area contributed by atoms with E-state index in [2.05, 4.69) is 60.6 Å². The molecule has 0 radical (unpaired) electrons. The number of hydrogen-bond acceptors (Lipinski definition) is 4. The van der Waals surface area contributed by atoms with E-state index in [1.54, 1.807) is 6.33 Å². The SMILES string of the molecule is CC(C)c1ccc(-n2cnnc2SCC(=O)NC(C)C2CC2)cc1. The first-order valence-electron chi connectivity index (χ1n) is 8.47. The number of nitrogens with one attached hydrogen (secondary N) is 1. The van der Waals surface area contributed by atoms with Crippen LogP contribution in [0.4, 0.5) is 0 Å². The molecule has 1 atom stereocenters. The molecule has 1 unspecified atom stereocenters. The average Bonchev–Trinajstić information content (AvgIpc) is 3.32. The molecule has 0 spiro atoms. The molecule has 0 bridgehead atoms. The van der Waals surface area contributed by atoms with Gasteiger partial charge >= 0.3 is 0 Å². The van der Waals surface area contributed by atoms with Crippen LogP contribution in [0.15, 0.2) is 35.7 Å². The van der Waals surface area contributed by atoms with Crippen LogP contribution in [0.5, 0.6) is 0 Å². The van der Waals surface area contributed by atoms with Crippen molar-refractivity contribution in [3.05, 3.63) is 36.2 Å². The Labute approximate surface area is 147 Å². The van der Waals surface area contributed by atoms with Gasteiger partial charge in [-0.1, -0.05) is 37.7 Å². The van der Waals surface area contributed by atoms with E-state index in [9.17, 15) is 4.79 Å². The van der Waals surface area contributed by atoms with E-state index in [0.717, 1.165) is 10.8 Å². The maximum absolute atomic E-state index is 12.1. The molecule has 1 fully saturated rings. The van der Waals surface area contributed by atoms with Gasteiger partial charge in [0.2, 0.25) is 5.91 Å². The highest BCUT2D eigenvalue weighted by molar-refractivity contribution is 7.99. The summed E-state index contributed by atoms with van der Waals surface area (Å²) >= 11 is 1.42. The Morgan fingerprint density at radius 2 is 2.00 bits per heavy atom. The van der Waals surface area contributed by atoms with Gasteiger partial charge in [0.1, 0.15) is 6.33 Å². The maximum Gasteiger partial charge on any atom is 0.230 e. The predicted octanol–water partition coefficient (Wildman–Crippen LogP) is 3.40. The Balaban J connectivity index is 1.61. The third kappa shape index (κ3) is 4.17. The van der Waals surface area contributed by atoms with Gasteiger partial charge in [-0.05, 0) is 49.3 Å². The Kier molecular flexibility index (Phi) is 5.23. The average molecular weight is 344 g/mol. The molecule has 6 heteroatoms. The lowest BCUT2D eigenvalue weighted by molar-refractivity contribution is -0.119. The zero-order chi connectivity index (χ0) is 17.1. The van der Waals surface area contributed by atoms with Gasteiger partial charge < -0.3 is 5.32 Å². The largest absolute Gasteiger partial charge is 0.353 e. The van der Waals surface area contributed by atoms with Crippen LogP contribution in [0.1, 0.15) is 45.1 Å². The first-order valence-corrected chi connectivity index (χ1v) is 9.45. The lowest BCUT2D eigenvalue weighted by Crippen LogP contribution is -2.35. The molecule has 0 saturated heterocycles. The van der Waals surface area contributed by atoms with Crippen molar-refractivity contribution in [2.24, 2.45) is 5.92 Å². The predicted molar refractivity (Wildman–Crippen MR) is 96.5 cm³/mol. The van der Waals surface area contributed by atoms with Crippen molar-refractivity contribution in [2.75, 3.05) is 5.75 Å². The molecule has 1 aromatic heterocycles. The van der Waals surface area contributed by atoms with E-state index in [-0.39, 0.29) is 11.9 Å². The van der Waals surface area contributed by atoms with Gasteiger partial charge in [0.25, 0.3) is 0 Å². The summed E-state index contributed by atoms with van der Waals surface area (Å²) in [5.41, 5.74) is 2.31. The lowest BCUT2D eigenvalue weighted by Gasteiger charge is -2.12. The topological polar surface area (TPSA) is 59.8 Å². The Morgan fingerprint density at radius 3 is 2.62 bits per heavy atom. The quantitative estimate of drug-likeness (QED) is 0.782. The van der Waals surface area contributed by atoms with Crippen molar-refractivity contribution in [3.8, 4) is 5.69 Å². The minimum atomic E-state index is 0.0594. The zero-order valence-corrected chi connectivity index (χ0v) is 15.2. The number of carbonyl (C=O) groups is 1. The maximum atomic E-state index is 12.1. The highest BCUT2D eigenvalue weighted by Gasteiger charge is 2.28. The van der Waals surface area contributed by atoms with Crippen LogP contribution in [-0.4, -0.2) is 32.5 Å². The van der Waals surface area contributed by atoms with E-state index in [0.29, 0.717) is 17.6 Å². The van der Waals surface area contributed by atoms with Crippen molar-refractivity contribution in [1.29, 1.82) is 0 Å². The zero-order valence-electron chi connectivity index (χ0n) is 14.4. The summed E-state index contributed by atoms with van der Waals surface area (Å²) < 4.78 is 1.92. The lowest BCUT2D eigenvalue weighted by atomic mass is 10.0. The van der Waals surface area contributed by atoms with E-state index in [4.69, 9.17) is 0 Å². The van der Waals surface area contributed by atoms with Crippen LogP contribution in [0.3, 0.4) is 0 Å². The number of thioether (sulfide) groups is 1. The van der Waals surface area contributed by atoms with Gasteiger partial charge in [0, 0.05) is 11.7 Å². The van der Waals surface area contributed by atoms with Gasteiger partial charge in [-0.2, -0.15) is 0 Å². The molecule has 128 valence electrons. The molecule has 24 heavy (non-hydrogen) atoms. The molecule has 1 amide bonds. The Hall–Kier alpha value is -1.82. The molecule has 2 aromatic rings. The second-order valence-corrected chi connectivity index (χ2v) is 7.65. The second kappa shape index (κ2) is 7.38. The van der Waals surface area contributed by atoms with Crippen molar-refractivity contribution in [3.63, 3.8) is 0 Å². The summed E-state index contributed by atoms with van der Waals surface area (Å²) in [6, 6.07) is 8.66. The van der Waals surface area contributed by atoms with E-state index < -0.39 is 0 Å². The van der Waals surface area contributed by atoms with Gasteiger partial charge in [-0.3, -0.25) is 9.36 Å². The number of nitrogens with zero attached hydrogens (tertiary/aromatic N) is 3. The smallest absolute Gasteiger partial charge is 0.230 e. The fraction of sp³-hybridized carbons (Fsp3) is 0.500. The van der Waals surface area contributed by atoms with E-state index >= 15 is 0 Å². The van der Waals surface area contributed by atoms with Crippen molar-refractivity contribution in [2.45, 2.75) is 50.7 Å². The molecule has 1 saturated carbocycles. The Morgan fingerprint density at radius 1 is 1.29 bits per heavy atom. The number of hydrogen-bond donors (Lipinski definition) is 1. The molecule has 0 aliphatic heterocycles. The van der Waals surface area contributed by atoms with Gasteiger partial charge in [-0.25, -0.2) is 0 Å². The van der Waals surface area contributed by atoms with Crippen LogP contribution in [0.2, 0.25) is 0 Å². The second-order valence-electron chi connectivity index (χ2n) is 6.71. The monoisotopic (exact) mass is 344 g/mol. The fourth-order valence-corrected chi connectivity index (χ4v) is 3.40. The summed E-state index contributed by atoms with van der Waals surface area (Å²) in [5.74, 6) is 1.59. The van der Waals surface area contributed by atoms with Crippen LogP contribution >= 0.6 is 11.8 Å². The first-order chi connectivity index (χ1) is 11.5. The van der Waals surface area contributed by atoms with Gasteiger partial charge in [0.05, 0.1) is 5.75 Å². The van der Waals surface area contributed by atoms with Crippen LogP contribution in [0, 0.1) is 5.92 Å². The number of carbonyl (C=O) groups excluding carboxylic acids is 1. The number of amides is 1. The Bertz CT molecular complexity index is 691. The van der Waals surface area contributed by atoms with Crippen LogP contribution in [0.25, 0.3) is 5.69 Å². The highest BCUT2D eigenvalue weighted by Crippen LogP contribution is 2.32. The van der Waals surface area contributed by atoms with Gasteiger partial charge in [0.15, 0.2) is 5.16 Å². The van der Waals surface area contributed by atoms with Crippen molar-refractivity contribution in [1.82, 2.24) is 20.1 Å². The number of aromatic nitrogens is 3. The molecule has 1 heterocycles. The van der Waals surface area contributed by atoms with Crippen LogP contribution in [-0.2, 0) is 4.79 Å². The first kappa shape index (κ1) is 17.0. The molecule has 1 aromatic carbocycles. The molecule has 5 nitrogen and oxygen atoms in total. The number of rotatable bonds is 7. The summed E-state index contributed by atoms with van der Waals surface area (Å²) in [6.45, 7) is 6.44. The standard InChI is InChI=1S/C18H24N4OS/c1-12(2)14-6-8-16(9-7-14)22-11-19-21-18(22)24-10-17(23)20-13(3)15-4-5-15/h6-9,11-13,15H,4-5,10H2,1-3H3,(H,20,23). The van der Waals surface area contributed by atoms with Crippen molar-refractivity contribution < 1.29 is 4.79 Å². The molecular weight excluding hydrogens is 320 g/mol. The fourth-order valence-electron chi connectivity index (χ4n) is 2.66. The van der Waals surface area contributed by atoms with Gasteiger partial charge in [-0.15, -0.1) is 10.2 Å². The van der Waals surface area contributed by atoms with Crippen molar-refractivity contribution >= 4 is 17.7 Å². The molecule has 1 aliphatic rings. The summed E-state index contributed by atoms with van der Waals surface area (Å²) in [6.07, 6.45) is 4.15.